The summed E-state index contributed by atoms with van der Waals surface area (Å²) in [4.78, 5) is 0. The lowest BCUT2D eigenvalue weighted by Crippen LogP contribution is -2.09. The molecule has 0 spiro atoms. The smallest absolute Gasteiger partial charge is 0.229 e. The minimum absolute atomic E-state index is 0.393. The van der Waals surface area contributed by atoms with Gasteiger partial charge < -0.3 is 4.72 Å². The van der Waals surface area contributed by atoms with Crippen LogP contribution in [0.2, 0.25) is 0 Å². The molecule has 0 atom stereocenters. The molecule has 0 saturated heterocycles. The largest absolute Gasteiger partial charge is 0.577 e. The molecule has 0 aromatic heterocycles. The molecular formula is C15H17N2O4S2-. The van der Waals surface area contributed by atoms with Gasteiger partial charge in [0.15, 0.2) is 0 Å². The monoisotopic (exact) mass is 353 g/mol. The molecule has 0 aliphatic carbocycles. The maximum atomic E-state index is 11.1. The number of nitrogens with one attached hydrogen (secondary N) is 1. The maximum Gasteiger partial charge on any atom is 0.229 e. The second-order valence-corrected chi connectivity index (χ2v) is 8.64. The summed E-state index contributed by atoms with van der Waals surface area (Å²) in [6.07, 6.45) is 2.80. The Morgan fingerprint density at radius 3 is 1.74 bits per heavy atom. The average molecular weight is 353 g/mol. The summed E-state index contributed by atoms with van der Waals surface area (Å²) in [7, 11) is -6.68. The van der Waals surface area contributed by atoms with Crippen molar-refractivity contribution in [2.24, 2.45) is 0 Å². The number of hydrogen-bond acceptors (Lipinski definition) is 4. The van der Waals surface area contributed by atoms with E-state index in [1.807, 2.05) is 24.3 Å². The number of benzene rings is 2. The van der Waals surface area contributed by atoms with E-state index in [2.05, 4.69) is 9.44 Å². The molecule has 0 saturated carbocycles. The van der Waals surface area contributed by atoms with E-state index in [0.717, 1.165) is 23.6 Å². The third kappa shape index (κ3) is 6.29. The molecule has 0 aliphatic heterocycles. The number of sulfonamides is 2. The molecule has 2 rings (SSSR count). The summed E-state index contributed by atoms with van der Waals surface area (Å²) < 4.78 is 50.5. The van der Waals surface area contributed by atoms with Crippen molar-refractivity contribution in [1.29, 1.82) is 0 Å². The first kappa shape index (κ1) is 17.3. The third-order valence-electron chi connectivity index (χ3n) is 2.87. The third-order valence-corrected chi connectivity index (χ3v) is 4.02. The summed E-state index contributed by atoms with van der Waals surface area (Å²) in [6, 6.07) is 14.0. The highest BCUT2D eigenvalue weighted by Gasteiger charge is 2.02. The van der Waals surface area contributed by atoms with Gasteiger partial charge in [0, 0.05) is 11.9 Å². The Labute approximate surface area is 136 Å². The highest BCUT2D eigenvalue weighted by atomic mass is 32.2. The molecule has 0 heterocycles. The van der Waals surface area contributed by atoms with E-state index in [0.29, 0.717) is 17.8 Å². The van der Waals surface area contributed by atoms with Gasteiger partial charge in [0.1, 0.15) is 0 Å². The summed E-state index contributed by atoms with van der Waals surface area (Å²) in [6.45, 7) is 0. The molecule has 0 radical (unpaired) electrons. The van der Waals surface area contributed by atoms with Crippen molar-refractivity contribution >= 4 is 31.4 Å². The van der Waals surface area contributed by atoms with Crippen molar-refractivity contribution in [2.45, 2.75) is 6.42 Å². The van der Waals surface area contributed by atoms with E-state index < -0.39 is 20.0 Å². The van der Waals surface area contributed by atoms with Gasteiger partial charge in [-0.25, -0.2) is 16.8 Å². The van der Waals surface area contributed by atoms with E-state index in [1.54, 1.807) is 24.3 Å². The molecule has 23 heavy (non-hydrogen) atoms. The Balaban J connectivity index is 2.04. The lowest BCUT2D eigenvalue weighted by molar-refractivity contribution is 0.605. The van der Waals surface area contributed by atoms with Crippen molar-refractivity contribution in [1.82, 2.24) is 0 Å². The molecule has 0 bridgehead atoms. The number of nitrogens with zero attached hydrogens (tertiary/aromatic N) is 1. The van der Waals surface area contributed by atoms with Crippen LogP contribution in [0.5, 0.6) is 0 Å². The van der Waals surface area contributed by atoms with Gasteiger partial charge in [-0.2, -0.15) is 0 Å². The first-order valence-electron chi connectivity index (χ1n) is 6.69. The van der Waals surface area contributed by atoms with Crippen molar-refractivity contribution in [3.63, 3.8) is 0 Å². The molecule has 2 aromatic carbocycles. The van der Waals surface area contributed by atoms with Gasteiger partial charge in [-0.05, 0) is 29.7 Å². The van der Waals surface area contributed by atoms with Crippen LogP contribution >= 0.6 is 0 Å². The van der Waals surface area contributed by atoms with Crippen LogP contribution in [0.25, 0.3) is 4.72 Å². The molecule has 0 fully saturated rings. The number of rotatable bonds is 6. The van der Waals surface area contributed by atoms with Crippen LogP contribution in [0.3, 0.4) is 0 Å². The molecule has 0 aliphatic rings. The zero-order valence-electron chi connectivity index (χ0n) is 12.7. The molecule has 8 heteroatoms. The van der Waals surface area contributed by atoms with Gasteiger partial charge >= 0.3 is 0 Å². The van der Waals surface area contributed by atoms with Crippen LogP contribution in [0, 0.1) is 0 Å². The SMILES string of the molecule is CS(=O)(=O)[N-]c1ccc(Cc2ccc(NS(C)(=O)=O)cc2)cc1. The normalized spacial score (nSPS) is 11.9. The van der Waals surface area contributed by atoms with E-state index in [4.69, 9.17) is 0 Å². The fourth-order valence-electron chi connectivity index (χ4n) is 2.01. The van der Waals surface area contributed by atoms with Crippen molar-refractivity contribution in [3.05, 3.63) is 64.4 Å². The predicted octanol–water partition coefficient (Wildman–Crippen LogP) is 2.61. The summed E-state index contributed by atoms with van der Waals surface area (Å²) in [5, 5.41) is 0. The van der Waals surface area contributed by atoms with Crippen LogP contribution in [-0.2, 0) is 26.5 Å². The number of hydrogen-bond donors (Lipinski definition) is 1. The first-order valence-corrected chi connectivity index (χ1v) is 10.4. The molecule has 6 nitrogen and oxygen atoms in total. The van der Waals surface area contributed by atoms with Crippen LogP contribution < -0.4 is 4.72 Å². The Hall–Kier alpha value is -2.06. The highest BCUT2D eigenvalue weighted by Crippen LogP contribution is 2.23. The first-order chi connectivity index (χ1) is 10.6. The maximum absolute atomic E-state index is 11.1. The van der Waals surface area contributed by atoms with Crippen LogP contribution in [0.1, 0.15) is 11.1 Å². The minimum atomic E-state index is -3.40. The fourth-order valence-corrected chi connectivity index (χ4v) is 3.08. The molecule has 1 N–H and O–H groups in total. The molecule has 124 valence electrons. The Bertz CT molecular complexity index is 797. The Kier molecular flexibility index (Phi) is 4.96. The van der Waals surface area contributed by atoms with E-state index in [1.165, 1.54) is 0 Å². The van der Waals surface area contributed by atoms with Crippen molar-refractivity contribution < 1.29 is 16.8 Å². The standard InChI is InChI=1S/C15H17N2O4S2/c1-22(18,19)16-14-7-3-12(4-8-14)11-13-5-9-15(10-6-13)17-23(2,20)21/h3-10,16H,11H2,1-2H3/q-1. The Morgan fingerprint density at radius 2 is 1.30 bits per heavy atom. The summed E-state index contributed by atoms with van der Waals surface area (Å²) >= 11 is 0. The van der Waals surface area contributed by atoms with Crippen molar-refractivity contribution in [2.75, 3.05) is 17.2 Å². The quantitative estimate of drug-likeness (QED) is 0.863. The van der Waals surface area contributed by atoms with Crippen molar-refractivity contribution in [3.8, 4) is 0 Å². The minimum Gasteiger partial charge on any atom is -0.577 e. The van der Waals surface area contributed by atoms with E-state index in [-0.39, 0.29) is 0 Å². The van der Waals surface area contributed by atoms with Gasteiger partial charge in [-0.3, -0.25) is 4.72 Å². The van der Waals surface area contributed by atoms with Gasteiger partial charge in [0.25, 0.3) is 0 Å². The topological polar surface area (TPSA) is 94.4 Å². The van der Waals surface area contributed by atoms with Gasteiger partial charge in [-0.15, -0.1) is 5.69 Å². The predicted molar refractivity (Wildman–Crippen MR) is 92.0 cm³/mol. The Morgan fingerprint density at radius 1 is 0.826 bits per heavy atom. The molecule has 0 unspecified atom stereocenters. The average Bonchev–Trinajstić information content (AvgIpc) is 2.40. The summed E-state index contributed by atoms with van der Waals surface area (Å²) in [5.74, 6) is 0. The van der Waals surface area contributed by atoms with Gasteiger partial charge in [0.2, 0.25) is 10.0 Å². The second-order valence-electron chi connectivity index (χ2n) is 5.24. The van der Waals surface area contributed by atoms with Crippen LogP contribution in [0.15, 0.2) is 48.5 Å². The molecule has 0 amide bonds. The number of anilines is 1. The summed E-state index contributed by atoms with van der Waals surface area (Å²) in [5.41, 5.74) is 2.92. The molecular weight excluding hydrogens is 336 g/mol. The molecule has 2 aromatic rings. The van der Waals surface area contributed by atoms with Gasteiger partial charge in [-0.1, -0.05) is 36.4 Å². The van der Waals surface area contributed by atoms with E-state index in [9.17, 15) is 16.8 Å². The van der Waals surface area contributed by atoms with Crippen LogP contribution in [-0.4, -0.2) is 29.3 Å². The van der Waals surface area contributed by atoms with E-state index >= 15 is 0 Å². The van der Waals surface area contributed by atoms with Crippen LogP contribution in [0.4, 0.5) is 11.4 Å². The lowest BCUT2D eigenvalue weighted by atomic mass is 10.0. The fraction of sp³-hybridized carbons (Fsp3) is 0.200. The zero-order valence-corrected chi connectivity index (χ0v) is 14.4. The lowest BCUT2D eigenvalue weighted by Gasteiger charge is -2.18. The van der Waals surface area contributed by atoms with Gasteiger partial charge in [0.05, 0.1) is 16.3 Å². The second kappa shape index (κ2) is 6.59. The zero-order chi connectivity index (χ0) is 17.1. The highest BCUT2D eigenvalue weighted by molar-refractivity contribution is 7.93.